The van der Waals surface area contributed by atoms with Crippen LogP contribution in [0.15, 0.2) is 18.2 Å². The standard InChI is InChI=1S/C18H23N3O3S/c1-11-16(17(22)21-13-6-8-19-9-7-13)25-18(20-11)12-4-5-14(23-2)15(10-12)24-3/h4-5,10,13,19H,6-9H2,1-3H3,(H,21,22). The molecule has 6 nitrogen and oxygen atoms in total. The van der Waals surface area contributed by atoms with Crippen LogP contribution in [0.2, 0.25) is 0 Å². The molecule has 1 aliphatic heterocycles. The minimum Gasteiger partial charge on any atom is -0.493 e. The number of benzene rings is 1. The normalized spacial score (nSPS) is 15.0. The number of amides is 1. The van der Waals surface area contributed by atoms with E-state index < -0.39 is 0 Å². The van der Waals surface area contributed by atoms with Crippen LogP contribution in [0.1, 0.15) is 28.2 Å². The Labute approximate surface area is 151 Å². The van der Waals surface area contributed by atoms with E-state index in [2.05, 4.69) is 15.6 Å². The molecule has 2 aromatic rings. The Morgan fingerprint density at radius 2 is 1.96 bits per heavy atom. The van der Waals surface area contributed by atoms with Gasteiger partial charge in [0.2, 0.25) is 0 Å². The number of methoxy groups -OCH3 is 2. The second kappa shape index (κ2) is 7.84. The third kappa shape index (κ3) is 3.93. The molecular formula is C18H23N3O3S. The summed E-state index contributed by atoms with van der Waals surface area (Å²) in [5, 5.41) is 7.23. The highest BCUT2D eigenvalue weighted by molar-refractivity contribution is 7.17. The number of ether oxygens (including phenoxy) is 2. The van der Waals surface area contributed by atoms with E-state index in [1.165, 1.54) is 11.3 Å². The molecule has 134 valence electrons. The summed E-state index contributed by atoms with van der Waals surface area (Å²) in [5.41, 5.74) is 1.66. The number of carbonyl (C=O) groups excluding carboxylic acids is 1. The molecule has 3 rings (SSSR count). The lowest BCUT2D eigenvalue weighted by molar-refractivity contribution is 0.0933. The Bertz CT molecular complexity index is 754. The molecule has 1 aliphatic rings. The maximum absolute atomic E-state index is 12.6. The summed E-state index contributed by atoms with van der Waals surface area (Å²) in [5.74, 6) is 1.28. The molecule has 1 aromatic carbocycles. The van der Waals surface area contributed by atoms with Gasteiger partial charge in [0.15, 0.2) is 11.5 Å². The highest BCUT2D eigenvalue weighted by Gasteiger charge is 2.21. The van der Waals surface area contributed by atoms with Crippen molar-refractivity contribution in [2.75, 3.05) is 27.3 Å². The molecule has 7 heteroatoms. The van der Waals surface area contributed by atoms with E-state index in [4.69, 9.17) is 9.47 Å². The number of nitrogens with zero attached hydrogens (tertiary/aromatic N) is 1. The minimum absolute atomic E-state index is 0.0337. The number of aromatic nitrogens is 1. The maximum atomic E-state index is 12.6. The summed E-state index contributed by atoms with van der Waals surface area (Å²) in [4.78, 5) is 17.8. The summed E-state index contributed by atoms with van der Waals surface area (Å²) in [6.45, 7) is 3.77. The molecular weight excluding hydrogens is 338 g/mol. The summed E-state index contributed by atoms with van der Waals surface area (Å²) in [6, 6.07) is 5.89. The van der Waals surface area contributed by atoms with E-state index in [9.17, 15) is 4.79 Å². The SMILES string of the molecule is COc1ccc(-c2nc(C)c(C(=O)NC3CCNCC3)s2)cc1OC. The molecule has 1 fully saturated rings. The van der Waals surface area contributed by atoms with E-state index in [1.807, 2.05) is 25.1 Å². The smallest absolute Gasteiger partial charge is 0.263 e. The third-order valence-corrected chi connectivity index (χ3v) is 5.51. The zero-order valence-electron chi connectivity index (χ0n) is 14.7. The van der Waals surface area contributed by atoms with Gasteiger partial charge in [0.05, 0.1) is 19.9 Å². The van der Waals surface area contributed by atoms with Gasteiger partial charge in [0, 0.05) is 11.6 Å². The lowest BCUT2D eigenvalue weighted by atomic mass is 10.1. The minimum atomic E-state index is -0.0337. The first-order valence-corrected chi connectivity index (χ1v) is 9.15. The van der Waals surface area contributed by atoms with Gasteiger partial charge in [-0.05, 0) is 51.1 Å². The number of carbonyl (C=O) groups is 1. The molecule has 0 unspecified atom stereocenters. The number of nitrogens with one attached hydrogen (secondary N) is 2. The fourth-order valence-electron chi connectivity index (χ4n) is 2.92. The van der Waals surface area contributed by atoms with E-state index >= 15 is 0 Å². The van der Waals surface area contributed by atoms with Crippen LogP contribution in [0, 0.1) is 6.92 Å². The molecule has 0 aliphatic carbocycles. The quantitative estimate of drug-likeness (QED) is 0.856. The van der Waals surface area contributed by atoms with Crippen LogP contribution in [0.5, 0.6) is 11.5 Å². The van der Waals surface area contributed by atoms with E-state index in [-0.39, 0.29) is 11.9 Å². The molecule has 2 N–H and O–H groups in total. The molecule has 0 radical (unpaired) electrons. The highest BCUT2D eigenvalue weighted by atomic mass is 32.1. The first kappa shape index (κ1) is 17.7. The lowest BCUT2D eigenvalue weighted by Crippen LogP contribution is -2.42. The molecule has 0 bridgehead atoms. The summed E-state index contributed by atoms with van der Waals surface area (Å²) in [7, 11) is 3.21. The van der Waals surface area contributed by atoms with Crippen molar-refractivity contribution in [3.05, 3.63) is 28.8 Å². The zero-order chi connectivity index (χ0) is 17.8. The fourth-order valence-corrected chi connectivity index (χ4v) is 3.88. The Morgan fingerprint density at radius 1 is 1.24 bits per heavy atom. The van der Waals surface area contributed by atoms with Gasteiger partial charge >= 0.3 is 0 Å². The zero-order valence-corrected chi connectivity index (χ0v) is 15.5. The third-order valence-electron chi connectivity index (χ3n) is 4.31. The largest absolute Gasteiger partial charge is 0.493 e. The van der Waals surface area contributed by atoms with Crippen molar-refractivity contribution in [1.82, 2.24) is 15.6 Å². The molecule has 1 aromatic heterocycles. The predicted octanol–water partition coefficient (Wildman–Crippen LogP) is 2.62. The molecule has 0 atom stereocenters. The average Bonchev–Trinajstić information content (AvgIpc) is 3.03. The number of thiazole rings is 1. The number of hydrogen-bond acceptors (Lipinski definition) is 6. The molecule has 0 spiro atoms. The van der Waals surface area contributed by atoms with Gasteiger partial charge in [-0.2, -0.15) is 0 Å². The van der Waals surface area contributed by atoms with Crippen LogP contribution >= 0.6 is 11.3 Å². The number of piperidine rings is 1. The van der Waals surface area contributed by atoms with Crippen LogP contribution in [0.3, 0.4) is 0 Å². The van der Waals surface area contributed by atoms with Gasteiger partial charge in [-0.15, -0.1) is 11.3 Å². The Kier molecular flexibility index (Phi) is 5.55. The van der Waals surface area contributed by atoms with Crippen LogP contribution in [-0.4, -0.2) is 44.2 Å². The lowest BCUT2D eigenvalue weighted by Gasteiger charge is -2.23. The average molecular weight is 361 g/mol. The fraction of sp³-hybridized carbons (Fsp3) is 0.444. The summed E-state index contributed by atoms with van der Waals surface area (Å²) < 4.78 is 10.6. The van der Waals surface area contributed by atoms with Crippen molar-refractivity contribution >= 4 is 17.2 Å². The van der Waals surface area contributed by atoms with E-state index in [0.717, 1.165) is 42.2 Å². The van der Waals surface area contributed by atoms with E-state index in [1.54, 1.807) is 14.2 Å². The summed E-state index contributed by atoms with van der Waals surface area (Å²) >= 11 is 1.41. The monoisotopic (exact) mass is 361 g/mol. The van der Waals surface area contributed by atoms with Crippen molar-refractivity contribution in [3.63, 3.8) is 0 Å². The van der Waals surface area contributed by atoms with Crippen molar-refractivity contribution in [2.24, 2.45) is 0 Å². The van der Waals surface area contributed by atoms with Crippen LogP contribution in [-0.2, 0) is 0 Å². The predicted molar refractivity (Wildman–Crippen MR) is 98.7 cm³/mol. The Balaban J connectivity index is 1.81. The van der Waals surface area contributed by atoms with Crippen LogP contribution in [0.25, 0.3) is 10.6 Å². The van der Waals surface area contributed by atoms with Gasteiger partial charge in [-0.1, -0.05) is 0 Å². The second-order valence-corrected chi connectivity index (χ2v) is 7.00. The molecule has 0 saturated carbocycles. The Hall–Kier alpha value is -2.12. The number of rotatable bonds is 5. The number of hydrogen-bond donors (Lipinski definition) is 2. The topological polar surface area (TPSA) is 72.5 Å². The summed E-state index contributed by atoms with van der Waals surface area (Å²) in [6.07, 6.45) is 1.93. The van der Waals surface area contributed by atoms with Gasteiger partial charge in [-0.25, -0.2) is 4.98 Å². The van der Waals surface area contributed by atoms with Crippen molar-refractivity contribution in [1.29, 1.82) is 0 Å². The van der Waals surface area contributed by atoms with Crippen molar-refractivity contribution in [2.45, 2.75) is 25.8 Å². The molecule has 25 heavy (non-hydrogen) atoms. The van der Waals surface area contributed by atoms with Gasteiger partial charge in [-0.3, -0.25) is 4.79 Å². The molecule has 2 heterocycles. The maximum Gasteiger partial charge on any atom is 0.263 e. The van der Waals surface area contributed by atoms with Crippen molar-refractivity contribution < 1.29 is 14.3 Å². The Morgan fingerprint density at radius 3 is 2.64 bits per heavy atom. The first-order chi connectivity index (χ1) is 12.1. The van der Waals surface area contributed by atoms with Gasteiger partial charge in [0.25, 0.3) is 5.91 Å². The first-order valence-electron chi connectivity index (χ1n) is 8.33. The van der Waals surface area contributed by atoms with Gasteiger partial charge < -0.3 is 20.1 Å². The number of aryl methyl sites for hydroxylation is 1. The van der Waals surface area contributed by atoms with E-state index in [0.29, 0.717) is 16.4 Å². The molecule has 1 saturated heterocycles. The molecule has 1 amide bonds. The van der Waals surface area contributed by atoms with Crippen LogP contribution < -0.4 is 20.1 Å². The highest BCUT2D eigenvalue weighted by Crippen LogP contribution is 2.35. The van der Waals surface area contributed by atoms with Crippen LogP contribution in [0.4, 0.5) is 0 Å². The van der Waals surface area contributed by atoms with Gasteiger partial charge in [0.1, 0.15) is 9.88 Å². The van der Waals surface area contributed by atoms with Crippen molar-refractivity contribution in [3.8, 4) is 22.1 Å². The second-order valence-electron chi connectivity index (χ2n) is 6.00.